The van der Waals surface area contributed by atoms with E-state index in [1.807, 2.05) is 10.6 Å². The van der Waals surface area contributed by atoms with E-state index >= 15 is 0 Å². The van der Waals surface area contributed by atoms with Crippen molar-refractivity contribution in [3.63, 3.8) is 0 Å². The molecular formula is C15H19N3O2. The first-order valence-electron chi connectivity index (χ1n) is 7.12. The molecule has 3 rings (SSSR count). The first kappa shape index (κ1) is 13.1. The zero-order chi connectivity index (χ0) is 14.1. The van der Waals surface area contributed by atoms with Gasteiger partial charge in [0.2, 0.25) is 0 Å². The Labute approximate surface area is 117 Å². The van der Waals surface area contributed by atoms with Crippen LogP contribution in [0.25, 0.3) is 11.0 Å². The fourth-order valence-corrected chi connectivity index (χ4v) is 3.18. The SMILES string of the molecule is CCN1CCCC1Cn1cnc2cccc(C(=O)O)c21. The fourth-order valence-electron chi connectivity index (χ4n) is 3.18. The lowest BCUT2D eigenvalue weighted by molar-refractivity contribution is 0.0698. The van der Waals surface area contributed by atoms with Crippen LogP contribution in [0.4, 0.5) is 0 Å². The summed E-state index contributed by atoms with van der Waals surface area (Å²) in [6.45, 7) is 5.17. The van der Waals surface area contributed by atoms with Crippen LogP contribution < -0.4 is 0 Å². The van der Waals surface area contributed by atoms with Crippen molar-refractivity contribution in [1.82, 2.24) is 14.5 Å². The molecule has 5 heteroatoms. The number of nitrogens with zero attached hydrogens (tertiary/aromatic N) is 3. The van der Waals surface area contributed by atoms with E-state index in [9.17, 15) is 9.90 Å². The maximum Gasteiger partial charge on any atom is 0.337 e. The molecule has 2 aromatic rings. The minimum atomic E-state index is -0.892. The van der Waals surface area contributed by atoms with Crippen LogP contribution >= 0.6 is 0 Å². The highest BCUT2D eigenvalue weighted by molar-refractivity contribution is 6.01. The van der Waals surface area contributed by atoms with Crippen LogP contribution in [0.1, 0.15) is 30.1 Å². The van der Waals surface area contributed by atoms with Gasteiger partial charge in [0.05, 0.1) is 22.9 Å². The second kappa shape index (κ2) is 5.25. The lowest BCUT2D eigenvalue weighted by Crippen LogP contribution is -2.32. The molecule has 1 aromatic heterocycles. The Balaban J connectivity index is 1.97. The molecule has 1 aromatic carbocycles. The van der Waals surface area contributed by atoms with Gasteiger partial charge in [0, 0.05) is 12.6 Å². The predicted octanol–water partition coefficient (Wildman–Crippen LogP) is 2.22. The highest BCUT2D eigenvalue weighted by atomic mass is 16.4. The highest BCUT2D eigenvalue weighted by Crippen LogP contribution is 2.23. The van der Waals surface area contributed by atoms with E-state index in [-0.39, 0.29) is 0 Å². The average Bonchev–Trinajstić information content (AvgIpc) is 3.06. The molecule has 106 valence electrons. The second-order valence-electron chi connectivity index (χ2n) is 5.30. The van der Waals surface area contributed by atoms with E-state index in [2.05, 4.69) is 16.8 Å². The summed E-state index contributed by atoms with van der Waals surface area (Å²) in [5.74, 6) is -0.892. The molecule has 1 atom stereocenters. The lowest BCUT2D eigenvalue weighted by Gasteiger charge is -2.23. The number of fused-ring (bicyclic) bond motifs is 1. The van der Waals surface area contributed by atoms with Crippen molar-refractivity contribution in [2.24, 2.45) is 0 Å². The van der Waals surface area contributed by atoms with E-state index in [1.165, 1.54) is 12.8 Å². The highest BCUT2D eigenvalue weighted by Gasteiger charge is 2.24. The van der Waals surface area contributed by atoms with Crippen LogP contribution in [0.2, 0.25) is 0 Å². The molecule has 1 N–H and O–H groups in total. The summed E-state index contributed by atoms with van der Waals surface area (Å²) in [6, 6.07) is 5.75. The van der Waals surface area contributed by atoms with Gasteiger partial charge in [-0.25, -0.2) is 9.78 Å². The molecule has 1 aliphatic heterocycles. The molecule has 0 amide bonds. The van der Waals surface area contributed by atoms with Gasteiger partial charge in [-0.2, -0.15) is 0 Å². The van der Waals surface area contributed by atoms with Gasteiger partial charge in [-0.3, -0.25) is 4.90 Å². The summed E-state index contributed by atoms with van der Waals surface area (Å²) in [7, 11) is 0. The number of carbonyl (C=O) groups is 1. The van der Waals surface area contributed by atoms with Gasteiger partial charge in [-0.15, -0.1) is 0 Å². The van der Waals surface area contributed by atoms with Crippen molar-refractivity contribution in [3.05, 3.63) is 30.1 Å². The molecular weight excluding hydrogens is 254 g/mol. The van der Waals surface area contributed by atoms with E-state index in [4.69, 9.17) is 0 Å². The lowest BCUT2D eigenvalue weighted by atomic mass is 10.1. The van der Waals surface area contributed by atoms with Crippen LogP contribution in [-0.2, 0) is 6.54 Å². The number of aromatic nitrogens is 2. The van der Waals surface area contributed by atoms with Crippen LogP contribution in [0, 0.1) is 0 Å². The molecule has 2 heterocycles. The molecule has 1 fully saturated rings. The number of likely N-dealkylation sites (tertiary alicyclic amines) is 1. The van der Waals surface area contributed by atoms with E-state index < -0.39 is 5.97 Å². The van der Waals surface area contributed by atoms with E-state index in [1.54, 1.807) is 18.5 Å². The van der Waals surface area contributed by atoms with Gasteiger partial charge >= 0.3 is 5.97 Å². The first-order chi connectivity index (χ1) is 9.70. The summed E-state index contributed by atoms with van der Waals surface area (Å²) in [4.78, 5) is 18.2. The monoisotopic (exact) mass is 273 g/mol. The molecule has 20 heavy (non-hydrogen) atoms. The Morgan fingerprint density at radius 2 is 2.35 bits per heavy atom. The van der Waals surface area contributed by atoms with Gasteiger partial charge in [-0.05, 0) is 38.1 Å². The number of likely N-dealkylation sites (N-methyl/N-ethyl adjacent to an activating group) is 1. The topological polar surface area (TPSA) is 58.4 Å². The molecule has 0 aliphatic carbocycles. The minimum Gasteiger partial charge on any atom is -0.478 e. The summed E-state index contributed by atoms with van der Waals surface area (Å²) in [5, 5.41) is 9.33. The number of aromatic carboxylic acids is 1. The Morgan fingerprint density at radius 1 is 1.50 bits per heavy atom. The predicted molar refractivity (Wildman–Crippen MR) is 77.0 cm³/mol. The number of imidazole rings is 1. The molecule has 1 aliphatic rings. The van der Waals surface area contributed by atoms with Crippen molar-refractivity contribution in [2.75, 3.05) is 13.1 Å². The summed E-state index contributed by atoms with van der Waals surface area (Å²) < 4.78 is 2.00. The number of hydrogen-bond acceptors (Lipinski definition) is 3. The van der Waals surface area contributed by atoms with Gasteiger partial charge < -0.3 is 9.67 Å². The zero-order valence-corrected chi connectivity index (χ0v) is 11.6. The Bertz CT molecular complexity index is 635. The molecule has 0 spiro atoms. The van der Waals surface area contributed by atoms with Gasteiger partial charge in [0.15, 0.2) is 0 Å². The Kier molecular flexibility index (Phi) is 3.44. The third kappa shape index (κ3) is 2.18. The number of carboxylic acids is 1. The minimum absolute atomic E-state index is 0.334. The molecule has 0 bridgehead atoms. The van der Waals surface area contributed by atoms with Crippen molar-refractivity contribution in [1.29, 1.82) is 0 Å². The van der Waals surface area contributed by atoms with Crippen molar-refractivity contribution in [3.8, 4) is 0 Å². The van der Waals surface area contributed by atoms with Gasteiger partial charge in [0.25, 0.3) is 0 Å². The molecule has 0 saturated carbocycles. The maximum atomic E-state index is 11.4. The van der Waals surface area contributed by atoms with Crippen LogP contribution in [-0.4, -0.2) is 44.7 Å². The van der Waals surface area contributed by atoms with Crippen molar-refractivity contribution < 1.29 is 9.90 Å². The second-order valence-corrected chi connectivity index (χ2v) is 5.30. The Morgan fingerprint density at radius 3 is 3.10 bits per heavy atom. The van der Waals surface area contributed by atoms with E-state index in [0.29, 0.717) is 11.6 Å². The standard InChI is InChI=1S/C15H19N3O2/c1-2-17-8-4-5-11(17)9-18-10-16-13-7-3-6-12(14(13)18)15(19)20/h3,6-7,10-11H,2,4-5,8-9H2,1H3,(H,19,20). The summed E-state index contributed by atoms with van der Waals surface area (Å²) >= 11 is 0. The number of benzene rings is 1. The molecule has 1 saturated heterocycles. The van der Waals surface area contributed by atoms with Crippen LogP contribution in [0.5, 0.6) is 0 Å². The number of hydrogen-bond donors (Lipinski definition) is 1. The van der Waals surface area contributed by atoms with Crippen LogP contribution in [0.3, 0.4) is 0 Å². The molecule has 1 unspecified atom stereocenters. The quantitative estimate of drug-likeness (QED) is 0.928. The zero-order valence-electron chi connectivity index (χ0n) is 11.6. The summed E-state index contributed by atoms with van der Waals surface area (Å²) in [5.41, 5.74) is 1.83. The molecule has 5 nitrogen and oxygen atoms in total. The number of rotatable bonds is 4. The molecule has 0 radical (unpaired) electrons. The summed E-state index contributed by atoms with van der Waals surface area (Å²) in [6.07, 6.45) is 4.16. The Hall–Kier alpha value is -1.88. The van der Waals surface area contributed by atoms with Crippen LogP contribution in [0.15, 0.2) is 24.5 Å². The van der Waals surface area contributed by atoms with E-state index in [0.717, 1.165) is 30.7 Å². The first-order valence-corrected chi connectivity index (χ1v) is 7.12. The number of carboxylic acid groups (broad SMARTS) is 1. The third-order valence-corrected chi connectivity index (χ3v) is 4.18. The smallest absolute Gasteiger partial charge is 0.337 e. The number of para-hydroxylation sites is 1. The fraction of sp³-hybridized carbons (Fsp3) is 0.467. The maximum absolute atomic E-state index is 11.4. The largest absolute Gasteiger partial charge is 0.478 e. The normalized spacial score (nSPS) is 19.8. The van der Waals surface area contributed by atoms with Crippen molar-refractivity contribution in [2.45, 2.75) is 32.4 Å². The third-order valence-electron chi connectivity index (χ3n) is 4.18. The van der Waals surface area contributed by atoms with Gasteiger partial charge in [0.1, 0.15) is 0 Å². The van der Waals surface area contributed by atoms with Gasteiger partial charge in [-0.1, -0.05) is 13.0 Å². The average molecular weight is 273 g/mol. The van der Waals surface area contributed by atoms with Crippen molar-refractivity contribution >= 4 is 17.0 Å².